The van der Waals surface area contributed by atoms with Crippen molar-refractivity contribution in [2.75, 3.05) is 0 Å². The average Bonchev–Trinajstić information content (AvgIpc) is 2.59. The van der Waals surface area contributed by atoms with Crippen LogP contribution in [-0.4, -0.2) is 4.98 Å². The van der Waals surface area contributed by atoms with Crippen LogP contribution in [0.4, 0.5) is 0 Å². The number of nitrogens with one attached hydrogen (secondary N) is 1. The molecule has 1 aliphatic carbocycles. The zero-order chi connectivity index (χ0) is 9.54. The molecule has 0 bridgehead atoms. The molecule has 0 aliphatic heterocycles. The first-order valence-corrected chi connectivity index (χ1v) is 5.45. The fraction of sp³-hybridized carbons (Fsp3) is 0.385. The Morgan fingerprint density at radius 2 is 2.00 bits per heavy atom. The topological polar surface area (TPSA) is 15.8 Å². The maximum Gasteiger partial charge on any atom is 0.0458 e. The number of aryl methyl sites for hydroxylation is 3. The van der Waals surface area contributed by atoms with Crippen LogP contribution in [0.2, 0.25) is 0 Å². The van der Waals surface area contributed by atoms with E-state index in [1.54, 1.807) is 11.1 Å². The number of rotatable bonds is 0. The Balaban J connectivity index is 2.33. The van der Waals surface area contributed by atoms with Gasteiger partial charge in [-0.05, 0) is 55.9 Å². The van der Waals surface area contributed by atoms with Gasteiger partial charge in [0.25, 0.3) is 0 Å². The lowest BCUT2D eigenvalue weighted by molar-refractivity contribution is 0.690. The third-order valence-corrected chi connectivity index (χ3v) is 3.27. The molecular weight excluding hydrogens is 170 g/mol. The third-order valence-electron chi connectivity index (χ3n) is 3.27. The number of hydrogen-bond acceptors (Lipinski definition) is 0. The molecule has 3 rings (SSSR count). The molecule has 1 heterocycles. The van der Waals surface area contributed by atoms with Gasteiger partial charge in [0.2, 0.25) is 0 Å². The summed E-state index contributed by atoms with van der Waals surface area (Å²) in [5.41, 5.74) is 5.75. The van der Waals surface area contributed by atoms with Crippen molar-refractivity contribution >= 4 is 10.9 Å². The van der Waals surface area contributed by atoms with Gasteiger partial charge in [0, 0.05) is 16.6 Å². The second-order valence-electron chi connectivity index (χ2n) is 4.32. The Morgan fingerprint density at radius 3 is 2.93 bits per heavy atom. The summed E-state index contributed by atoms with van der Waals surface area (Å²) in [5.74, 6) is 0. The lowest BCUT2D eigenvalue weighted by Gasteiger charge is -2.16. The number of H-pyrrole nitrogens is 1. The molecule has 0 spiro atoms. The van der Waals surface area contributed by atoms with Crippen molar-refractivity contribution < 1.29 is 0 Å². The van der Waals surface area contributed by atoms with Crippen molar-refractivity contribution in [1.29, 1.82) is 0 Å². The third kappa shape index (κ3) is 1.08. The zero-order valence-corrected chi connectivity index (χ0v) is 8.56. The van der Waals surface area contributed by atoms with Crippen molar-refractivity contribution in [2.45, 2.75) is 32.6 Å². The standard InChI is InChI=1S/C13H15N/c1-9-8-12-11-5-3-2-4-10(11)6-7-13(12)14-9/h6-8,14H,2-5H2,1H3. The molecule has 0 amide bonds. The largest absolute Gasteiger partial charge is 0.359 e. The summed E-state index contributed by atoms with van der Waals surface area (Å²) in [6.45, 7) is 2.13. The minimum Gasteiger partial charge on any atom is -0.359 e. The molecule has 1 aromatic carbocycles. The highest BCUT2D eigenvalue weighted by atomic mass is 14.7. The quantitative estimate of drug-likeness (QED) is 0.647. The molecule has 72 valence electrons. The van der Waals surface area contributed by atoms with Crippen LogP contribution in [0, 0.1) is 6.92 Å². The maximum absolute atomic E-state index is 3.41. The summed E-state index contributed by atoms with van der Waals surface area (Å²) in [5, 5.41) is 1.46. The highest BCUT2D eigenvalue weighted by molar-refractivity contribution is 5.85. The van der Waals surface area contributed by atoms with Crippen LogP contribution >= 0.6 is 0 Å². The summed E-state index contributed by atoms with van der Waals surface area (Å²) in [6.07, 6.45) is 5.26. The average molecular weight is 185 g/mol. The molecule has 0 saturated carbocycles. The summed E-state index contributed by atoms with van der Waals surface area (Å²) < 4.78 is 0. The van der Waals surface area contributed by atoms with Crippen LogP contribution in [0.25, 0.3) is 10.9 Å². The van der Waals surface area contributed by atoms with Gasteiger partial charge in [0.05, 0.1) is 0 Å². The van der Waals surface area contributed by atoms with Crippen LogP contribution < -0.4 is 0 Å². The van der Waals surface area contributed by atoms with Crippen LogP contribution in [-0.2, 0) is 12.8 Å². The van der Waals surface area contributed by atoms with Crippen LogP contribution in [0.5, 0.6) is 0 Å². The molecule has 1 N–H and O–H groups in total. The molecule has 0 atom stereocenters. The van der Waals surface area contributed by atoms with Crippen LogP contribution in [0.1, 0.15) is 29.7 Å². The van der Waals surface area contributed by atoms with Crippen molar-refractivity contribution in [3.8, 4) is 0 Å². The van der Waals surface area contributed by atoms with E-state index >= 15 is 0 Å². The highest BCUT2D eigenvalue weighted by Gasteiger charge is 2.12. The van der Waals surface area contributed by atoms with E-state index in [4.69, 9.17) is 0 Å². The normalized spacial score (nSPS) is 15.8. The summed E-state index contributed by atoms with van der Waals surface area (Å²) in [4.78, 5) is 3.41. The number of aromatic amines is 1. The van der Waals surface area contributed by atoms with Crippen LogP contribution in [0.15, 0.2) is 18.2 Å². The lowest BCUT2D eigenvalue weighted by atomic mass is 9.89. The van der Waals surface area contributed by atoms with E-state index in [-0.39, 0.29) is 0 Å². The monoisotopic (exact) mass is 185 g/mol. The van der Waals surface area contributed by atoms with Gasteiger partial charge in [-0.3, -0.25) is 0 Å². The minimum atomic E-state index is 1.27. The molecule has 2 aromatic rings. The Labute approximate surface area is 84.1 Å². The molecule has 0 fully saturated rings. The predicted molar refractivity (Wildman–Crippen MR) is 59.7 cm³/mol. The smallest absolute Gasteiger partial charge is 0.0458 e. The van der Waals surface area contributed by atoms with Gasteiger partial charge < -0.3 is 4.98 Å². The van der Waals surface area contributed by atoms with E-state index < -0.39 is 0 Å². The van der Waals surface area contributed by atoms with Gasteiger partial charge in [-0.2, -0.15) is 0 Å². The molecular formula is C13H15N. The second-order valence-corrected chi connectivity index (χ2v) is 4.32. The SMILES string of the molecule is Cc1cc2c3c(ccc2[nH]1)CCCC3. The molecule has 1 nitrogen and oxygen atoms in total. The number of aromatic nitrogens is 1. The van der Waals surface area contributed by atoms with E-state index in [0.717, 1.165) is 0 Å². The van der Waals surface area contributed by atoms with Gasteiger partial charge >= 0.3 is 0 Å². The van der Waals surface area contributed by atoms with Gasteiger partial charge in [0.1, 0.15) is 0 Å². The van der Waals surface area contributed by atoms with E-state index in [0.29, 0.717) is 0 Å². The minimum absolute atomic E-state index is 1.27. The fourth-order valence-electron chi connectivity index (χ4n) is 2.60. The first-order chi connectivity index (χ1) is 6.84. The van der Waals surface area contributed by atoms with Crippen molar-refractivity contribution in [2.24, 2.45) is 0 Å². The summed E-state index contributed by atoms with van der Waals surface area (Å²) in [6, 6.07) is 6.82. The molecule has 1 aliphatic rings. The first kappa shape index (κ1) is 8.10. The fourth-order valence-corrected chi connectivity index (χ4v) is 2.60. The Kier molecular flexibility index (Phi) is 1.66. The van der Waals surface area contributed by atoms with Gasteiger partial charge in [0.15, 0.2) is 0 Å². The van der Waals surface area contributed by atoms with E-state index in [1.165, 1.54) is 42.3 Å². The van der Waals surface area contributed by atoms with E-state index in [9.17, 15) is 0 Å². The zero-order valence-electron chi connectivity index (χ0n) is 8.56. The van der Waals surface area contributed by atoms with Crippen molar-refractivity contribution in [3.05, 3.63) is 35.0 Å². The molecule has 1 heteroatoms. The van der Waals surface area contributed by atoms with Crippen LogP contribution in [0.3, 0.4) is 0 Å². The van der Waals surface area contributed by atoms with Crippen molar-refractivity contribution in [1.82, 2.24) is 4.98 Å². The Bertz CT molecular complexity index is 479. The van der Waals surface area contributed by atoms with Gasteiger partial charge in [-0.1, -0.05) is 6.07 Å². The number of fused-ring (bicyclic) bond motifs is 3. The second kappa shape index (κ2) is 2.88. The van der Waals surface area contributed by atoms with Gasteiger partial charge in [-0.25, -0.2) is 0 Å². The van der Waals surface area contributed by atoms with Gasteiger partial charge in [-0.15, -0.1) is 0 Å². The predicted octanol–water partition coefficient (Wildman–Crippen LogP) is 3.36. The van der Waals surface area contributed by atoms with E-state index in [2.05, 4.69) is 30.1 Å². The summed E-state index contributed by atoms with van der Waals surface area (Å²) in [7, 11) is 0. The van der Waals surface area contributed by atoms with E-state index in [1.807, 2.05) is 0 Å². The summed E-state index contributed by atoms with van der Waals surface area (Å²) >= 11 is 0. The molecule has 0 radical (unpaired) electrons. The first-order valence-electron chi connectivity index (χ1n) is 5.45. The molecule has 14 heavy (non-hydrogen) atoms. The molecule has 1 aromatic heterocycles. The maximum atomic E-state index is 3.41. The highest BCUT2D eigenvalue weighted by Crippen LogP contribution is 2.29. The lowest BCUT2D eigenvalue weighted by Crippen LogP contribution is -2.02. The Hall–Kier alpha value is -1.24. The molecule has 0 saturated heterocycles. The van der Waals surface area contributed by atoms with Crippen molar-refractivity contribution in [3.63, 3.8) is 0 Å². The molecule has 0 unspecified atom stereocenters. The number of hydrogen-bond donors (Lipinski definition) is 1. The number of benzene rings is 1. The Morgan fingerprint density at radius 1 is 1.14 bits per heavy atom.